The first kappa shape index (κ1) is 11.0. The molecule has 0 amide bonds. The Bertz CT molecular complexity index is 279. The van der Waals surface area contributed by atoms with Crippen LogP contribution in [0.2, 0.25) is 0 Å². The maximum Gasteiger partial charge on any atom is 0.0930 e. The molecule has 0 aliphatic heterocycles. The lowest BCUT2D eigenvalue weighted by Crippen LogP contribution is -2.24. The van der Waals surface area contributed by atoms with Crippen molar-refractivity contribution in [3.05, 3.63) is 48.6 Å². The molecule has 1 rings (SSSR count). The van der Waals surface area contributed by atoms with Gasteiger partial charge in [0.2, 0.25) is 0 Å². The van der Waals surface area contributed by atoms with Crippen LogP contribution in [0.15, 0.2) is 43.0 Å². The SMILES string of the molecule is C=CC[C@@](O)(CCC)c1ccccc1. The molecule has 1 nitrogen and oxygen atoms in total. The third-order valence-corrected chi connectivity index (χ3v) is 2.46. The van der Waals surface area contributed by atoms with Crippen LogP contribution in [0.3, 0.4) is 0 Å². The molecule has 0 aromatic heterocycles. The second-order valence-corrected chi connectivity index (χ2v) is 3.64. The fourth-order valence-electron chi connectivity index (χ4n) is 1.77. The van der Waals surface area contributed by atoms with E-state index < -0.39 is 5.60 Å². The molecule has 0 heterocycles. The molecular weight excluding hydrogens is 172 g/mol. The van der Waals surface area contributed by atoms with Crippen molar-refractivity contribution in [1.29, 1.82) is 0 Å². The van der Waals surface area contributed by atoms with Crippen LogP contribution in [-0.4, -0.2) is 5.11 Å². The number of benzene rings is 1. The van der Waals surface area contributed by atoms with Gasteiger partial charge in [0, 0.05) is 0 Å². The first-order valence-corrected chi connectivity index (χ1v) is 5.12. The van der Waals surface area contributed by atoms with E-state index in [1.54, 1.807) is 6.08 Å². The van der Waals surface area contributed by atoms with Crippen molar-refractivity contribution in [2.45, 2.75) is 31.8 Å². The number of aliphatic hydroxyl groups is 1. The maximum atomic E-state index is 10.4. The summed E-state index contributed by atoms with van der Waals surface area (Å²) >= 11 is 0. The Hall–Kier alpha value is -1.08. The predicted octanol–water partition coefficient (Wildman–Crippen LogP) is 3.25. The van der Waals surface area contributed by atoms with Crippen LogP contribution >= 0.6 is 0 Å². The van der Waals surface area contributed by atoms with E-state index in [1.807, 2.05) is 30.3 Å². The lowest BCUT2D eigenvalue weighted by Gasteiger charge is -2.27. The first-order chi connectivity index (χ1) is 6.73. The smallest absolute Gasteiger partial charge is 0.0930 e. The van der Waals surface area contributed by atoms with Crippen LogP contribution in [0.4, 0.5) is 0 Å². The van der Waals surface area contributed by atoms with E-state index in [1.165, 1.54) is 0 Å². The summed E-state index contributed by atoms with van der Waals surface area (Å²) in [5.41, 5.74) is 0.263. The molecular formula is C13H18O. The molecule has 1 N–H and O–H groups in total. The molecule has 0 aliphatic carbocycles. The van der Waals surface area contributed by atoms with Gasteiger partial charge in [-0.05, 0) is 18.4 Å². The zero-order valence-electron chi connectivity index (χ0n) is 8.74. The largest absolute Gasteiger partial charge is 0.385 e. The van der Waals surface area contributed by atoms with E-state index in [4.69, 9.17) is 0 Å². The summed E-state index contributed by atoms with van der Waals surface area (Å²) in [6, 6.07) is 9.82. The Balaban J connectivity index is 2.92. The number of hydrogen-bond donors (Lipinski definition) is 1. The van der Waals surface area contributed by atoms with Crippen molar-refractivity contribution >= 4 is 0 Å². The van der Waals surface area contributed by atoms with Gasteiger partial charge < -0.3 is 5.11 Å². The summed E-state index contributed by atoms with van der Waals surface area (Å²) in [5, 5.41) is 10.4. The van der Waals surface area contributed by atoms with Crippen molar-refractivity contribution < 1.29 is 5.11 Å². The highest BCUT2D eigenvalue weighted by Gasteiger charge is 2.25. The standard InChI is InChI=1S/C13H18O/c1-3-10-13(14,11-4-2)12-8-6-5-7-9-12/h3,5-9,14H,1,4,10-11H2,2H3/t13-/m1/s1. The highest BCUT2D eigenvalue weighted by atomic mass is 16.3. The minimum Gasteiger partial charge on any atom is -0.385 e. The number of rotatable bonds is 5. The van der Waals surface area contributed by atoms with Gasteiger partial charge in [0.1, 0.15) is 0 Å². The summed E-state index contributed by atoms with van der Waals surface area (Å²) in [7, 11) is 0. The van der Waals surface area contributed by atoms with E-state index in [0.29, 0.717) is 6.42 Å². The van der Waals surface area contributed by atoms with E-state index in [2.05, 4.69) is 13.5 Å². The van der Waals surface area contributed by atoms with Crippen LogP contribution in [0.5, 0.6) is 0 Å². The predicted molar refractivity (Wildman–Crippen MR) is 60.1 cm³/mol. The molecule has 76 valence electrons. The quantitative estimate of drug-likeness (QED) is 0.707. The van der Waals surface area contributed by atoms with Gasteiger partial charge >= 0.3 is 0 Å². The Morgan fingerprint density at radius 2 is 2.00 bits per heavy atom. The summed E-state index contributed by atoms with van der Waals surface area (Å²) in [5.74, 6) is 0. The molecule has 1 aromatic carbocycles. The molecule has 14 heavy (non-hydrogen) atoms. The van der Waals surface area contributed by atoms with Gasteiger partial charge in [-0.15, -0.1) is 6.58 Å². The molecule has 0 radical (unpaired) electrons. The summed E-state index contributed by atoms with van der Waals surface area (Å²) < 4.78 is 0. The van der Waals surface area contributed by atoms with Crippen LogP contribution in [0, 0.1) is 0 Å². The number of hydrogen-bond acceptors (Lipinski definition) is 1. The zero-order valence-corrected chi connectivity index (χ0v) is 8.74. The Morgan fingerprint density at radius 1 is 1.36 bits per heavy atom. The van der Waals surface area contributed by atoms with Gasteiger partial charge in [0.25, 0.3) is 0 Å². The van der Waals surface area contributed by atoms with E-state index in [0.717, 1.165) is 18.4 Å². The molecule has 1 atom stereocenters. The lowest BCUT2D eigenvalue weighted by molar-refractivity contribution is 0.0297. The normalized spacial score (nSPS) is 14.7. The fourth-order valence-corrected chi connectivity index (χ4v) is 1.77. The van der Waals surface area contributed by atoms with Gasteiger partial charge in [-0.1, -0.05) is 49.8 Å². The first-order valence-electron chi connectivity index (χ1n) is 5.12. The van der Waals surface area contributed by atoms with Crippen LogP contribution < -0.4 is 0 Å². The maximum absolute atomic E-state index is 10.4. The van der Waals surface area contributed by atoms with E-state index in [9.17, 15) is 5.11 Å². The molecule has 0 aliphatic rings. The monoisotopic (exact) mass is 190 g/mol. The molecule has 1 aromatic rings. The summed E-state index contributed by atoms with van der Waals surface area (Å²) in [6.45, 7) is 5.77. The lowest BCUT2D eigenvalue weighted by atomic mass is 9.86. The van der Waals surface area contributed by atoms with E-state index >= 15 is 0 Å². The third-order valence-electron chi connectivity index (χ3n) is 2.46. The molecule has 1 heteroatoms. The van der Waals surface area contributed by atoms with Crippen molar-refractivity contribution in [3.8, 4) is 0 Å². The minimum atomic E-state index is -0.724. The second kappa shape index (κ2) is 4.97. The Kier molecular flexibility index (Phi) is 3.90. The average molecular weight is 190 g/mol. The molecule has 0 bridgehead atoms. The molecule has 0 unspecified atom stereocenters. The summed E-state index contributed by atoms with van der Waals surface area (Å²) in [6.07, 6.45) is 4.15. The summed E-state index contributed by atoms with van der Waals surface area (Å²) in [4.78, 5) is 0. The van der Waals surface area contributed by atoms with Crippen LogP contribution in [-0.2, 0) is 5.60 Å². The molecule has 0 fully saturated rings. The Morgan fingerprint density at radius 3 is 2.50 bits per heavy atom. The highest BCUT2D eigenvalue weighted by Crippen LogP contribution is 2.30. The van der Waals surface area contributed by atoms with Gasteiger partial charge in [-0.25, -0.2) is 0 Å². The van der Waals surface area contributed by atoms with E-state index in [-0.39, 0.29) is 0 Å². The van der Waals surface area contributed by atoms with Gasteiger partial charge in [0.05, 0.1) is 5.60 Å². The molecule has 0 saturated carbocycles. The van der Waals surface area contributed by atoms with Crippen molar-refractivity contribution in [3.63, 3.8) is 0 Å². The van der Waals surface area contributed by atoms with Crippen LogP contribution in [0.1, 0.15) is 31.7 Å². The second-order valence-electron chi connectivity index (χ2n) is 3.64. The van der Waals surface area contributed by atoms with Gasteiger partial charge in [-0.3, -0.25) is 0 Å². The average Bonchev–Trinajstić information content (AvgIpc) is 2.20. The van der Waals surface area contributed by atoms with Crippen molar-refractivity contribution in [1.82, 2.24) is 0 Å². The van der Waals surface area contributed by atoms with Crippen molar-refractivity contribution in [2.24, 2.45) is 0 Å². The highest BCUT2D eigenvalue weighted by molar-refractivity contribution is 5.22. The van der Waals surface area contributed by atoms with Gasteiger partial charge in [-0.2, -0.15) is 0 Å². The Labute approximate surface area is 86.1 Å². The fraction of sp³-hybridized carbons (Fsp3) is 0.385. The van der Waals surface area contributed by atoms with Crippen molar-refractivity contribution in [2.75, 3.05) is 0 Å². The molecule has 0 spiro atoms. The van der Waals surface area contributed by atoms with Gasteiger partial charge in [0.15, 0.2) is 0 Å². The molecule has 0 saturated heterocycles. The van der Waals surface area contributed by atoms with Crippen LogP contribution in [0.25, 0.3) is 0 Å². The minimum absolute atomic E-state index is 0.616. The topological polar surface area (TPSA) is 20.2 Å². The zero-order chi connectivity index (χ0) is 10.4. The third kappa shape index (κ3) is 2.46.